The zero-order chi connectivity index (χ0) is 18.6. The van der Waals surface area contributed by atoms with E-state index in [-0.39, 0.29) is 5.54 Å². The Morgan fingerprint density at radius 1 is 0.880 bits per heavy atom. The molecule has 4 rings (SSSR count). The molecule has 1 heteroatoms. The Bertz CT molecular complexity index is 863. The van der Waals surface area contributed by atoms with Crippen LogP contribution in [0.4, 0.5) is 0 Å². The zero-order valence-electron chi connectivity index (χ0n) is 16.9. The predicted octanol–water partition coefficient (Wildman–Crippen LogP) is 6.64. The van der Waals surface area contributed by atoms with Gasteiger partial charge in [0.1, 0.15) is 0 Å². The van der Waals surface area contributed by atoms with Crippen molar-refractivity contribution in [3.8, 4) is 11.3 Å². The molecule has 0 aliphatic carbocycles. The fraction of sp³-hybridized carbons (Fsp3) is 0.375. The number of rotatable bonds is 1. The first-order valence-electron chi connectivity index (χ1n) is 9.71. The van der Waals surface area contributed by atoms with E-state index in [4.69, 9.17) is 0 Å². The van der Waals surface area contributed by atoms with Crippen molar-refractivity contribution in [2.45, 2.75) is 60.4 Å². The third-order valence-corrected chi connectivity index (χ3v) is 5.09. The normalized spacial score (nSPS) is 16.9. The minimum atomic E-state index is 0.0392. The van der Waals surface area contributed by atoms with Crippen molar-refractivity contribution in [2.75, 3.05) is 0 Å². The van der Waals surface area contributed by atoms with E-state index >= 15 is 0 Å². The van der Waals surface area contributed by atoms with Crippen LogP contribution in [-0.4, -0.2) is 0 Å². The van der Waals surface area contributed by atoms with Gasteiger partial charge in [0.05, 0.1) is 5.56 Å². The summed E-state index contributed by atoms with van der Waals surface area (Å²) in [5.41, 5.74) is 6.96. The number of fused-ring (bicyclic) bond motifs is 5. The summed E-state index contributed by atoms with van der Waals surface area (Å²) in [6.45, 7) is 14.9. The van der Waals surface area contributed by atoms with Crippen LogP contribution in [0.15, 0.2) is 54.6 Å². The van der Waals surface area contributed by atoms with Gasteiger partial charge < -0.3 is 0 Å². The summed E-state index contributed by atoms with van der Waals surface area (Å²) in [5.74, 6) is 0. The first-order valence-corrected chi connectivity index (χ1v) is 9.71. The molecule has 1 atom stereocenters. The number of para-hydroxylation sites is 1. The summed E-state index contributed by atoms with van der Waals surface area (Å²) in [7, 11) is 0. The van der Waals surface area contributed by atoms with Gasteiger partial charge in [-0.25, -0.2) is 0 Å². The SMILES string of the molecule is CC.CC.CCC1(C)c2ccccc2-c2c(C)cc3ccccc3[n+]21. The summed E-state index contributed by atoms with van der Waals surface area (Å²) in [6.07, 6.45) is 1.09. The Balaban J connectivity index is 0.000000528. The topological polar surface area (TPSA) is 3.88 Å². The summed E-state index contributed by atoms with van der Waals surface area (Å²) in [5, 5.41) is 1.33. The van der Waals surface area contributed by atoms with Crippen molar-refractivity contribution in [1.82, 2.24) is 0 Å². The van der Waals surface area contributed by atoms with Crippen LogP contribution in [0, 0.1) is 6.92 Å². The lowest BCUT2D eigenvalue weighted by Gasteiger charge is -2.20. The number of hydrogen-bond donors (Lipinski definition) is 0. The molecular weight excluding hydrogens is 302 g/mol. The molecule has 0 N–H and O–H groups in total. The number of aryl methyl sites for hydroxylation is 1. The molecule has 0 saturated heterocycles. The quantitative estimate of drug-likeness (QED) is 0.439. The Morgan fingerprint density at radius 3 is 2.16 bits per heavy atom. The molecule has 1 aliphatic rings. The van der Waals surface area contributed by atoms with E-state index in [0.717, 1.165) is 6.42 Å². The van der Waals surface area contributed by atoms with Crippen LogP contribution < -0.4 is 4.57 Å². The third kappa shape index (κ3) is 2.86. The molecular formula is C24H32N+. The number of nitrogens with zero attached hydrogens (tertiary/aromatic N) is 1. The van der Waals surface area contributed by atoms with Gasteiger partial charge in [0.2, 0.25) is 11.2 Å². The molecule has 0 bridgehead atoms. The molecule has 1 aliphatic heterocycles. The second-order valence-corrected chi connectivity index (χ2v) is 6.24. The van der Waals surface area contributed by atoms with Crippen LogP contribution in [0.1, 0.15) is 59.1 Å². The Morgan fingerprint density at radius 2 is 1.48 bits per heavy atom. The molecule has 0 amide bonds. The fourth-order valence-electron chi connectivity index (χ4n) is 3.89. The van der Waals surface area contributed by atoms with Gasteiger partial charge in [-0.1, -0.05) is 65.0 Å². The van der Waals surface area contributed by atoms with E-state index < -0.39 is 0 Å². The number of hydrogen-bond acceptors (Lipinski definition) is 0. The van der Waals surface area contributed by atoms with E-state index in [1.807, 2.05) is 27.7 Å². The van der Waals surface area contributed by atoms with Crippen LogP contribution in [-0.2, 0) is 5.54 Å². The van der Waals surface area contributed by atoms with Gasteiger partial charge >= 0.3 is 0 Å². The predicted molar refractivity (Wildman–Crippen MR) is 110 cm³/mol. The molecule has 2 heterocycles. The number of aromatic nitrogens is 1. The van der Waals surface area contributed by atoms with Crippen molar-refractivity contribution in [2.24, 2.45) is 0 Å². The molecule has 1 nitrogen and oxygen atoms in total. The molecule has 25 heavy (non-hydrogen) atoms. The molecule has 0 spiro atoms. The molecule has 3 aromatic rings. The highest BCUT2D eigenvalue weighted by atomic mass is 15.1. The highest BCUT2D eigenvalue weighted by molar-refractivity contribution is 5.81. The van der Waals surface area contributed by atoms with E-state index in [1.54, 1.807) is 0 Å². The summed E-state index contributed by atoms with van der Waals surface area (Å²) in [6, 6.07) is 19.9. The lowest BCUT2D eigenvalue weighted by atomic mass is 9.89. The number of pyridine rings is 1. The second kappa shape index (κ2) is 7.82. The van der Waals surface area contributed by atoms with Gasteiger partial charge in [-0.2, -0.15) is 4.57 Å². The molecule has 0 fully saturated rings. The Labute approximate surface area is 153 Å². The molecule has 1 aromatic heterocycles. The highest BCUT2D eigenvalue weighted by Gasteiger charge is 2.47. The van der Waals surface area contributed by atoms with Crippen molar-refractivity contribution < 1.29 is 4.57 Å². The van der Waals surface area contributed by atoms with Gasteiger partial charge in [0.15, 0.2) is 5.54 Å². The monoisotopic (exact) mass is 334 g/mol. The maximum absolute atomic E-state index is 2.56. The summed E-state index contributed by atoms with van der Waals surface area (Å²) < 4.78 is 2.56. The van der Waals surface area contributed by atoms with E-state index in [2.05, 4.69) is 79.9 Å². The molecule has 1 unspecified atom stereocenters. The molecule has 132 valence electrons. The van der Waals surface area contributed by atoms with Crippen LogP contribution in [0.25, 0.3) is 22.2 Å². The third-order valence-electron chi connectivity index (χ3n) is 5.09. The first kappa shape index (κ1) is 19.2. The van der Waals surface area contributed by atoms with Crippen molar-refractivity contribution in [3.63, 3.8) is 0 Å². The Hall–Kier alpha value is -2.15. The van der Waals surface area contributed by atoms with Crippen molar-refractivity contribution >= 4 is 10.9 Å². The van der Waals surface area contributed by atoms with Crippen molar-refractivity contribution in [1.29, 1.82) is 0 Å². The average Bonchev–Trinajstić information content (AvgIpc) is 2.96. The zero-order valence-corrected chi connectivity index (χ0v) is 16.9. The smallest absolute Gasteiger partial charge is 0.182 e. The molecule has 0 saturated carbocycles. The van der Waals surface area contributed by atoms with Crippen LogP contribution in [0.3, 0.4) is 0 Å². The summed E-state index contributed by atoms with van der Waals surface area (Å²) >= 11 is 0. The van der Waals surface area contributed by atoms with Gasteiger partial charge in [-0.3, -0.25) is 0 Å². The second-order valence-electron chi connectivity index (χ2n) is 6.24. The maximum atomic E-state index is 2.56. The van der Waals surface area contributed by atoms with Gasteiger partial charge in [-0.05, 0) is 25.1 Å². The van der Waals surface area contributed by atoms with E-state index in [1.165, 1.54) is 33.3 Å². The average molecular weight is 335 g/mol. The van der Waals surface area contributed by atoms with E-state index in [0.29, 0.717) is 0 Å². The highest BCUT2D eigenvalue weighted by Crippen LogP contribution is 2.42. The van der Waals surface area contributed by atoms with Crippen molar-refractivity contribution in [3.05, 3.63) is 65.7 Å². The minimum absolute atomic E-state index is 0.0392. The van der Waals surface area contributed by atoms with Gasteiger partial charge in [-0.15, -0.1) is 0 Å². The molecule has 2 aromatic carbocycles. The maximum Gasteiger partial charge on any atom is 0.217 e. The largest absolute Gasteiger partial charge is 0.217 e. The standard InChI is InChI=1S/C20H20N.2C2H6/c1-4-20(3)17-11-7-6-10-16(17)19-14(2)13-15-9-5-8-12-18(15)21(19)20;2*1-2/h5-13H,4H2,1-3H3;2*1-2H3/q+1;;. The van der Waals surface area contributed by atoms with Crippen LogP contribution >= 0.6 is 0 Å². The Kier molecular flexibility index (Phi) is 6.00. The fourth-order valence-corrected chi connectivity index (χ4v) is 3.89. The molecule has 0 radical (unpaired) electrons. The minimum Gasteiger partial charge on any atom is -0.182 e. The lowest BCUT2D eigenvalue weighted by Crippen LogP contribution is -2.53. The van der Waals surface area contributed by atoms with Gasteiger partial charge in [0.25, 0.3) is 0 Å². The van der Waals surface area contributed by atoms with E-state index in [9.17, 15) is 0 Å². The number of benzene rings is 2. The van der Waals surface area contributed by atoms with Crippen LogP contribution in [0.5, 0.6) is 0 Å². The first-order chi connectivity index (χ1) is 12.2. The lowest BCUT2D eigenvalue weighted by molar-refractivity contribution is -0.712. The van der Waals surface area contributed by atoms with Gasteiger partial charge in [0, 0.05) is 35.9 Å². The summed E-state index contributed by atoms with van der Waals surface area (Å²) in [4.78, 5) is 0. The van der Waals surface area contributed by atoms with Crippen LogP contribution in [0.2, 0.25) is 0 Å².